The summed E-state index contributed by atoms with van der Waals surface area (Å²) >= 11 is 0. The van der Waals surface area contributed by atoms with Gasteiger partial charge in [-0.15, -0.1) is 0 Å². The number of carboxylic acids is 1. The van der Waals surface area contributed by atoms with Crippen molar-refractivity contribution in [1.82, 2.24) is 5.32 Å². The van der Waals surface area contributed by atoms with Crippen molar-refractivity contribution in [3.63, 3.8) is 0 Å². The van der Waals surface area contributed by atoms with Crippen LogP contribution in [0.5, 0.6) is 0 Å². The van der Waals surface area contributed by atoms with Crippen LogP contribution in [0.4, 0.5) is 0 Å². The van der Waals surface area contributed by atoms with E-state index in [2.05, 4.69) is 5.32 Å². The van der Waals surface area contributed by atoms with Crippen molar-refractivity contribution in [2.75, 3.05) is 0 Å². The molecule has 13 heavy (non-hydrogen) atoms. The van der Waals surface area contributed by atoms with E-state index >= 15 is 0 Å². The van der Waals surface area contributed by atoms with E-state index in [0.29, 0.717) is 12.8 Å². The molecule has 1 amide bonds. The van der Waals surface area contributed by atoms with Gasteiger partial charge in [-0.3, -0.25) is 9.59 Å². The number of nitrogens with one attached hydrogen (secondary N) is 1. The highest BCUT2D eigenvalue weighted by Gasteiger charge is 2.38. The van der Waals surface area contributed by atoms with E-state index in [1.165, 1.54) is 0 Å². The quantitative estimate of drug-likeness (QED) is 0.669. The first-order valence-electron chi connectivity index (χ1n) is 4.55. The highest BCUT2D eigenvalue weighted by atomic mass is 16.4. The van der Waals surface area contributed by atoms with Crippen LogP contribution in [-0.4, -0.2) is 22.5 Å². The maximum absolute atomic E-state index is 11.2. The van der Waals surface area contributed by atoms with E-state index in [9.17, 15) is 9.59 Å². The Bertz CT molecular complexity index is 221. The van der Waals surface area contributed by atoms with Gasteiger partial charge in [0.1, 0.15) is 0 Å². The molecule has 0 spiro atoms. The maximum Gasteiger partial charge on any atom is 0.303 e. The molecule has 0 heterocycles. The molecule has 0 saturated heterocycles. The van der Waals surface area contributed by atoms with Crippen LogP contribution in [0.3, 0.4) is 0 Å². The summed E-state index contributed by atoms with van der Waals surface area (Å²) in [5, 5.41) is 11.2. The number of carbonyl (C=O) groups is 2. The first kappa shape index (κ1) is 10.0. The average molecular weight is 185 g/mol. The molecule has 4 nitrogen and oxygen atoms in total. The summed E-state index contributed by atoms with van der Waals surface area (Å²) in [5.41, 5.74) is 0.0142. The lowest BCUT2D eigenvalue weighted by Gasteiger charge is -2.10. The number of rotatable bonds is 5. The standard InChI is InChI=1S/C9H15NO3/c1-9(5-6-9)10-7(11)3-2-4-8(12)13/h2-6H2,1H3,(H,10,11)(H,12,13). The SMILES string of the molecule is CC1(NC(=O)CCCC(=O)O)CC1. The van der Waals surface area contributed by atoms with Gasteiger partial charge in [-0.25, -0.2) is 0 Å². The van der Waals surface area contributed by atoms with Gasteiger partial charge in [-0.2, -0.15) is 0 Å². The zero-order valence-corrected chi connectivity index (χ0v) is 7.80. The lowest BCUT2D eigenvalue weighted by molar-refractivity contribution is -0.137. The van der Waals surface area contributed by atoms with E-state index in [4.69, 9.17) is 5.11 Å². The van der Waals surface area contributed by atoms with Gasteiger partial charge in [0.25, 0.3) is 0 Å². The average Bonchev–Trinajstić information content (AvgIpc) is 2.66. The minimum absolute atomic E-state index is 0.0142. The number of aliphatic carboxylic acids is 1. The van der Waals surface area contributed by atoms with Crippen LogP contribution in [-0.2, 0) is 9.59 Å². The van der Waals surface area contributed by atoms with Gasteiger partial charge >= 0.3 is 5.97 Å². The summed E-state index contributed by atoms with van der Waals surface area (Å²) in [6.07, 6.45) is 2.90. The first-order valence-corrected chi connectivity index (χ1v) is 4.55. The first-order chi connectivity index (χ1) is 6.02. The lowest BCUT2D eigenvalue weighted by Crippen LogP contribution is -2.33. The number of amides is 1. The molecule has 74 valence electrons. The highest BCUT2D eigenvalue weighted by molar-refractivity contribution is 5.77. The van der Waals surface area contributed by atoms with Crippen molar-refractivity contribution in [2.24, 2.45) is 0 Å². The van der Waals surface area contributed by atoms with Crippen molar-refractivity contribution in [3.8, 4) is 0 Å². The molecule has 1 fully saturated rings. The third-order valence-electron chi connectivity index (χ3n) is 2.24. The van der Waals surface area contributed by atoms with Gasteiger partial charge in [0.15, 0.2) is 0 Å². The molecule has 0 aromatic heterocycles. The second-order valence-corrected chi connectivity index (χ2v) is 3.86. The van der Waals surface area contributed by atoms with E-state index in [0.717, 1.165) is 12.8 Å². The van der Waals surface area contributed by atoms with Crippen LogP contribution in [0.1, 0.15) is 39.0 Å². The van der Waals surface area contributed by atoms with Crippen LogP contribution in [0.15, 0.2) is 0 Å². The molecule has 1 rings (SSSR count). The normalized spacial score (nSPS) is 17.9. The third kappa shape index (κ3) is 3.92. The Kier molecular flexibility index (Phi) is 2.90. The van der Waals surface area contributed by atoms with Gasteiger partial charge in [0.05, 0.1) is 0 Å². The fraction of sp³-hybridized carbons (Fsp3) is 0.778. The van der Waals surface area contributed by atoms with Crippen molar-refractivity contribution < 1.29 is 14.7 Å². The third-order valence-corrected chi connectivity index (χ3v) is 2.24. The Hall–Kier alpha value is -1.06. The summed E-state index contributed by atoms with van der Waals surface area (Å²) in [4.78, 5) is 21.3. The highest BCUT2D eigenvalue weighted by Crippen LogP contribution is 2.34. The molecule has 0 radical (unpaired) electrons. The van der Waals surface area contributed by atoms with Crippen LogP contribution >= 0.6 is 0 Å². The monoisotopic (exact) mass is 185 g/mol. The summed E-state index contributed by atoms with van der Waals surface area (Å²) < 4.78 is 0. The van der Waals surface area contributed by atoms with Crippen molar-refractivity contribution >= 4 is 11.9 Å². The zero-order chi connectivity index (χ0) is 9.90. The molecular formula is C9H15NO3. The van der Waals surface area contributed by atoms with E-state index < -0.39 is 5.97 Å². The maximum atomic E-state index is 11.2. The van der Waals surface area contributed by atoms with Crippen LogP contribution in [0, 0.1) is 0 Å². The fourth-order valence-electron chi connectivity index (χ4n) is 1.11. The van der Waals surface area contributed by atoms with Crippen LogP contribution in [0.25, 0.3) is 0 Å². The second kappa shape index (κ2) is 3.77. The topological polar surface area (TPSA) is 66.4 Å². The van der Waals surface area contributed by atoms with Gasteiger partial charge in [0, 0.05) is 18.4 Å². The number of hydrogen-bond acceptors (Lipinski definition) is 2. The molecule has 0 aromatic rings. The van der Waals surface area contributed by atoms with Crippen LogP contribution < -0.4 is 5.32 Å². The van der Waals surface area contributed by atoms with Crippen LogP contribution in [0.2, 0.25) is 0 Å². The molecule has 1 saturated carbocycles. The lowest BCUT2D eigenvalue weighted by atomic mass is 10.2. The molecule has 2 N–H and O–H groups in total. The van der Waals surface area contributed by atoms with Crippen molar-refractivity contribution in [3.05, 3.63) is 0 Å². The molecule has 0 unspecified atom stereocenters. The predicted octanol–water partition coefficient (Wildman–Crippen LogP) is 0.910. The Morgan fingerprint density at radius 3 is 2.46 bits per heavy atom. The van der Waals surface area contributed by atoms with Gasteiger partial charge in [-0.1, -0.05) is 0 Å². The summed E-state index contributed by atoms with van der Waals surface area (Å²) in [7, 11) is 0. The molecule has 0 bridgehead atoms. The fourth-order valence-corrected chi connectivity index (χ4v) is 1.11. The molecule has 0 aliphatic heterocycles. The van der Waals surface area contributed by atoms with E-state index in [-0.39, 0.29) is 17.9 Å². The smallest absolute Gasteiger partial charge is 0.303 e. The van der Waals surface area contributed by atoms with Gasteiger partial charge in [-0.05, 0) is 26.2 Å². The molecule has 0 atom stereocenters. The van der Waals surface area contributed by atoms with Gasteiger partial charge < -0.3 is 10.4 Å². The molecule has 1 aliphatic carbocycles. The molecule has 0 aromatic carbocycles. The summed E-state index contributed by atoms with van der Waals surface area (Å²) in [6.45, 7) is 2.00. The summed E-state index contributed by atoms with van der Waals surface area (Å²) in [5.74, 6) is -0.869. The minimum atomic E-state index is -0.842. The molecule has 4 heteroatoms. The Morgan fingerprint density at radius 1 is 1.38 bits per heavy atom. The number of carboxylic acid groups (broad SMARTS) is 1. The Morgan fingerprint density at radius 2 is 2.00 bits per heavy atom. The van der Waals surface area contributed by atoms with Crippen molar-refractivity contribution in [2.45, 2.75) is 44.6 Å². The second-order valence-electron chi connectivity index (χ2n) is 3.86. The van der Waals surface area contributed by atoms with E-state index in [1.54, 1.807) is 0 Å². The number of carbonyl (C=O) groups excluding carboxylic acids is 1. The van der Waals surface area contributed by atoms with Gasteiger partial charge in [0.2, 0.25) is 5.91 Å². The predicted molar refractivity (Wildman–Crippen MR) is 47.3 cm³/mol. The molecular weight excluding hydrogens is 170 g/mol. The zero-order valence-electron chi connectivity index (χ0n) is 7.80. The molecule has 1 aliphatic rings. The minimum Gasteiger partial charge on any atom is -0.481 e. The van der Waals surface area contributed by atoms with Crippen molar-refractivity contribution in [1.29, 1.82) is 0 Å². The number of hydrogen-bond donors (Lipinski definition) is 2. The van der Waals surface area contributed by atoms with E-state index in [1.807, 2.05) is 6.92 Å². The Labute approximate surface area is 77.3 Å². The summed E-state index contributed by atoms with van der Waals surface area (Å²) in [6, 6.07) is 0. The largest absolute Gasteiger partial charge is 0.481 e. The Balaban J connectivity index is 2.07.